The Morgan fingerprint density at radius 3 is 2.40 bits per heavy atom. The van der Waals surface area contributed by atoms with Crippen LogP contribution in [0.25, 0.3) is 0 Å². The molecule has 1 fully saturated rings. The molecule has 6 nitrogen and oxygen atoms in total. The quantitative estimate of drug-likeness (QED) is 0.686. The van der Waals surface area contributed by atoms with Crippen molar-refractivity contribution in [2.75, 3.05) is 19.6 Å². The van der Waals surface area contributed by atoms with Gasteiger partial charge in [0.1, 0.15) is 6.04 Å². The summed E-state index contributed by atoms with van der Waals surface area (Å²) in [7, 11) is 0. The second-order valence-corrected chi connectivity index (χ2v) is 5.42. The zero-order valence-corrected chi connectivity index (χ0v) is 12.7. The van der Waals surface area contributed by atoms with Gasteiger partial charge in [-0.25, -0.2) is 9.59 Å². The second kappa shape index (κ2) is 8.09. The summed E-state index contributed by atoms with van der Waals surface area (Å²) in [5.74, 6) is -1.04. The first-order valence-electron chi connectivity index (χ1n) is 7.51. The fourth-order valence-corrected chi connectivity index (χ4v) is 2.59. The highest BCUT2D eigenvalue weighted by Crippen LogP contribution is 2.14. The smallest absolute Gasteiger partial charge is 0.326 e. The van der Waals surface area contributed by atoms with Gasteiger partial charge in [-0.3, -0.25) is 0 Å². The lowest BCUT2D eigenvalue weighted by Gasteiger charge is -2.35. The summed E-state index contributed by atoms with van der Waals surface area (Å²) in [6.45, 7) is 8.12. The van der Waals surface area contributed by atoms with Gasteiger partial charge in [-0.05, 0) is 38.8 Å². The monoisotopic (exact) mass is 285 g/mol. The van der Waals surface area contributed by atoms with E-state index in [0.29, 0.717) is 6.54 Å². The van der Waals surface area contributed by atoms with Crippen molar-refractivity contribution in [3.8, 4) is 0 Å². The molecule has 0 radical (unpaired) electrons. The van der Waals surface area contributed by atoms with E-state index in [-0.39, 0.29) is 18.0 Å². The summed E-state index contributed by atoms with van der Waals surface area (Å²) in [6.07, 6.45) is 2.56. The molecular formula is C14H27N3O3. The van der Waals surface area contributed by atoms with Crippen LogP contribution in [-0.2, 0) is 4.79 Å². The third-order valence-corrected chi connectivity index (χ3v) is 4.11. The molecule has 0 unspecified atom stereocenters. The summed E-state index contributed by atoms with van der Waals surface area (Å²) < 4.78 is 0. The Hall–Kier alpha value is -1.30. The fraction of sp³-hybridized carbons (Fsp3) is 0.857. The lowest BCUT2D eigenvalue weighted by Crippen LogP contribution is -2.54. The Morgan fingerprint density at radius 1 is 1.35 bits per heavy atom. The number of carbonyl (C=O) groups is 2. The number of carboxylic acids is 1. The highest BCUT2D eigenvalue weighted by molar-refractivity contribution is 5.83. The van der Waals surface area contributed by atoms with Crippen molar-refractivity contribution in [2.45, 2.75) is 52.1 Å². The Balaban J connectivity index is 2.67. The van der Waals surface area contributed by atoms with E-state index in [1.807, 2.05) is 20.8 Å². The molecule has 0 bridgehead atoms. The number of urea groups is 1. The molecule has 116 valence electrons. The van der Waals surface area contributed by atoms with Crippen molar-refractivity contribution in [3.63, 3.8) is 0 Å². The van der Waals surface area contributed by atoms with Crippen LogP contribution in [0.2, 0.25) is 0 Å². The molecule has 2 atom stereocenters. The molecule has 0 aromatic rings. The van der Waals surface area contributed by atoms with Crippen molar-refractivity contribution in [2.24, 2.45) is 5.92 Å². The van der Waals surface area contributed by atoms with Crippen LogP contribution in [0, 0.1) is 5.92 Å². The predicted octanol–water partition coefficient (Wildman–Crippen LogP) is 1.27. The Bertz CT molecular complexity index is 330. The number of hydrogen-bond acceptors (Lipinski definition) is 3. The van der Waals surface area contributed by atoms with Gasteiger partial charge in [-0.15, -0.1) is 0 Å². The van der Waals surface area contributed by atoms with Crippen molar-refractivity contribution in [1.82, 2.24) is 15.5 Å². The van der Waals surface area contributed by atoms with Crippen molar-refractivity contribution >= 4 is 12.0 Å². The van der Waals surface area contributed by atoms with Gasteiger partial charge in [0.2, 0.25) is 0 Å². The zero-order valence-electron chi connectivity index (χ0n) is 12.7. The number of nitrogens with zero attached hydrogens (tertiary/aromatic N) is 1. The first-order chi connectivity index (χ1) is 9.51. The van der Waals surface area contributed by atoms with Gasteiger partial charge in [-0.1, -0.05) is 20.3 Å². The largest absolute Gasteiger partial charge is 0.480 e. The molecule has 0 saturated carbocycles. The van der Waals surface area contributed by atoms with E-state index in [2.05, 4.69) is 10.6 Å². The Labute approximate surface area is 120 Å². The van der Waals surface area contributed by atoms with Gasteiger partial charge in [0.15, 0.2) is 0 Å². The van der Waals surface area contributed by atoms with E-state index in [9.17, 15) is 14.7 Å². The summed E-state index contributed by atoms with van der Waals surface area (Å²) in [6, 6.07) is -0.872. The molecule has 0 aromatic heterocycles. The molecular weight excluding hydrogens is 258 g/mol. The maximum Gasteiger partial charge on any atom is 0.326 e. The third-order valence-electron chi connectivity index (χ3n) is 4.11. The molecule has 1 aliphatic heterocycles. The number of rotatable bonds is 6. The summed E-state index contributed by atoms with van der Waals surface area (Å²) in [5, 5.41) is 15.2. The number of nitrogens with one attached hydrogen (secondary N) is 2. The van der Waals surface area contributed by atoms with E-state index in [0.717, 1.165) is 32.4 Å². The van der Waals surface area contributed by atoms with Crippen LogP contribution in [0.5, 0.6) is 0 Å². The van der Waals surface area contributed by atoms with E-state index >= 15 is 0 Å². The second-order valence-electron chi connectivity index (χ2n) is 5.42. The van der Waals surface area contributed by atoms with Gasteiger partial charge in [0, 0.05) is 12.6 Å². The number of carboxylic acid groups (broad SMARTS) is 1. The van der Waals surface area contributed by atoms with Crippen LogP contribution in [0.3, 0.4) is 0 Å². The van der Waals surface area contributed by atoms with Crippen LogP contribution in [0.15, 0.2) is 0 Å². The molecule has 3 N–H and O–H groups in total. The highest BCUT2D eigenvalue weighted by atomic mass is 16.4. The Morgan fingerprint density at radius 2 is 1.95 bits per heavy atom. The van der Waals surface area contributed by atoms with Gasteiger partial charge in [0.25, 0.3) is 0 Å². The van der Waals surface area contributed by atoms with E-state index in [4.69, 9.17) is 0 Å². The summed E-state index contributed by atoms with van der Waals surface area (Å²) >= 11 is 0. The van der Waals surface area contributed by atoms with Gasteiger partial charge >= 0.3 is 12.0 Å². The van der Waals surface area contributed by atoms with Crippen molar-refractivity contribution < 1.29 is 14.7 Å². The maximum atomic E-state index is 12.3. The molecule has 1 saturated heterocycles. The average Bonchev–Trinajstić information content (AvgIpc) is 2.45. The molecule has 0 aromatic carbocycles. The van der Waals surface area contributed by atoms with Crippen LogP contribution >= 0.6 is 0 Å². The minimum absolute atomic E-state index is 0.0804. The number of hydrogen-bond donors (Lipinski definition) is 3. The third kappa shape index (κ3) is 4.37. The van der Waals surface area contributed by atoms with Crippen molar-refractivity contribution in [3.05, 3.63) is 0 Å². The number of piperidine rings is 1. The standard InChI is InChI=1S/C14H27N3O3/c1-4-10(3)12(13(18)19)16-14(20)17(5-2)11-6-8-15-9-7-11/h10-12,15H,4-9H2,1-3H3,(H,16,20)(H,18,19)/t10-,12-/m0/s1. The molecule has 0 aliphatic carbocycles. The van der Waals surface area contributed by atoms with E-state index in [1.54, 1.807) is 4.90 Å². The molecule has 0 spiro atoms. The van der Waals surface area contributed by atoms with E-state index in [1.165, 1.54) is 0 Å². The van der Waals surface area contributed by atoms with E-state index < -0.39 is 12.0 Å². The van der Waals surface area contributed by atoms with Crippen LogP contribution in [0.4, 0.5) is 4.79 Å². The van der Waals surface area contributed by atoms with Crippen LogP contribution in [0.1, 0.15) is 40.0 Å². The number of amides is 2. The molecule has 1 rings (SSSR count). The maximum absolute atomic E-state index is 12.3. The lowest BCUT2D eigenvalue weighted by molar-refractivity contribution is -0.140. The minimum Gasteiger partial charge on any atom is -0.480 e. The van der Waals surface area contributed by atoms with Crippen molar-refractivity contribution in [1.29, 1.82) is 0 Å². The van der Waals surface area contributed by atoms with Gasteiger partial charge in [-0.2, -0.15) is 0 Å². The Kier molecular flexibility index (Phi) is 6.78. The zero-order chi connectivity index (χ0) is 15.1. The molecule has 20 heavy (non-hydrogen) atoms. The normalized spacial score (nSPS) is 19.1. The SMILES string of the molecule is CC[C@H](C)[C@H](NC(=O)N(CC)C1CCNCC1)C(=O)O. The minimum atomic E-state index is -0.964. The molecule has 2 amide bonds. The summed E-state index contributed by atoms with van der Waals surface area (Å²) in [5.41, 5.74) is 0. The first kappa shape index (κ1) is 16.8. The first-order valence-corrected chi connectivity index (χ1v) is 7.51. The topological polar surface area (TPSA) is 81.7 Å². The average molecular weight is 285 g/mol. The van der Waals surface area contributed by atoms with Crippen LogP contribution in [-0.4, -0.2) is 53.7 Å². The summed E-state index contributed by atoms with van der Waals surface area (Å²) in [4.78, 5) is 25.4. The molecule has 6 heteroatoms. The number of aliphatic carboxylic acids is 1. The molecule has 1 heterocycles. The fourth-order valence-electron chi connectivity index (χ4n) is 2.59. The van der Waals surface area contributed by atoms with Gasteiger partial charge < -0.3 is 20.6 Å². The predicted molar refractivity (Wildman–Crippen MR) is 77.7 cm³/mol. The highest BCUT2D eigenvalue weighted by Gasteiger charge is 2.30. The van der Waals surface area contributed by atoms with Crippen LogP contribution < -0.4 is 10.6 Å². The van der Waals surface area contributed by atoms with Gasteiger partial charge in [0.05, 0.1) is 0 Å². The lowest BCUT2D eigenvalue weighted by atomic mass is 9.99. The molecule has 1 aliphatic rings. The number of carbonyl (C=O) groups excluding carboxylic acids is 1.